The highest BCUT2D eigenvalue weighted by atomic mass is 32.1. The molecule has 3 N–H and O–H groups in total. The second-order valence-electron chi connectivity index (χ2n) is 5.32. The summed E-state index contributed by atoms with van der Waals surface area (Å²) >= 11 is 4.72. The number of halogens is 3. The molecule has 0 aliphatic carbocycles. The fraction of sp³-hybridized carbons (Fsp3) is 0.500. The first kappa shape index (κ1) is 16.8. The number of hydrogen-bond acceptors (Lipinski definition) is 3. The maximum absolute atomic E-state index is 12.8. The van der Waals surface area contributed by atoms with E-state index in [1.807, 2.05) is 7.05 Å². The number of ether oxygens (including phenoxy) is 1. The lowest BCUT2D eigenvalue weighted by Gasteiger charge is -2.30. The van der Waals surface area contributed by atoms with Crippen LogP contribution >= 0.6 is 12.2 Å². The van der Waals surface area contributed by atoms with Gasteiger partial charge in [0.15, 0.2) is 5.11 Å². The Labute approximate surface area is 132 Å². The molecule has 8 heteroatoms. The summed E-state index contributed by atoms with van der Waals surface area (Å²) in [6.45, 7) is 1.78. The molecule has 0 bridgehead atoms. The average Bonchev–Trinajstić information content (AvgIpc) is 2.41. The van der Waals surface area contributed by atoms with Crippen LogP contribution in [0.2, 0.25) is 0 Å². The lowest BCUT2D eigenvalue weighted by Crippen LogP contribution is -2.35. The van der Waals surface area contributed by atoms with Crippen LogP contribution in [0.3, 0.4) is 0 Å². The average molecular weight is 333 g/mol. The van der Waals surface area contributed by atoms with Crippen molar-refractivity contribution in [3.05, 3.63) is 23.8 Å². The zero-order valence-electron chi connectivity index (χ0n) is 12.1. The predicted molar refractivity (Wildman–Crippen MR) is 83.0 cm³/mol. The lowest BCUT2D eigenvalue weighted by molar-refractivity contribution is -0.137. The molecule has 1 saturated heterocycles. The number of anilines is 1. The van der Waals surface area contributed by atoms with E-state index in [2.05, 4.69) is 10.2 Å². The predicted octanol–water partition coefficient (Wildman–Crippen LogP) is 2.83. The third-order valence-electron chi connectivity index (χ3n) is 3.52. The molecule has 0 aromatic heterocycles. The van der Waals surface area contributed by atoms with E-state index in [0.29, 0.717) is 5.75 Å². The summed E-state index contributed by atoms with van der Waals surface area (Å²) in [5, 5.41) is 2.45. The van der Waals surface area contributed by atoms with Crippen LogP contribution < -0.4 is 15.8 Å². The highest BCUT2D eigenvalue weighted by molar-refractivity contribution is 7.80. The molecule has 2 rings (SSSR count). The molecule has 1 aliphatic heterocycles. The largest absolute Gasteiger partial charge is 0.488 e. The van der Waals surface area contributed by atoms with E-state index in [-0.39, 0.29) is 16.9 Å². The second kappa shape index (κ2) is 6.70. The molecule has 0 radical (unpaired) electrons. The van der Waals surface area contributed by atoms with E-state index in [4.69, 9.17) is 22.7 Å². The number of likely N-dealkylation sites (tertiary alicyclic amines) is 1. The molecular formula is C14H18F3N3OS. The molecule has 1 heterocycles. The molecule has 1 fully saturated rings. The summed E-state index contributed by atoms with van der Waals surface area (Å²) in [7, 11) is 2.02. The van der Waals surface area contributed by atoms with Gasteiger partial charge in [-0.1, -0.05) is 0 Å². The summed E-state index contributed by atoms with van der Waals surface area (Å²) < 4.78 is 44.2. The Morgan fingerprint density at radius 3 is 2.55 bits per heavy atom. The van der Waals surface area contributed by atoms with Crippen molar-refractivity contribution in [3.8, 4) is 5.75 Å². The van der Waals surface area contributed by atoms with E-state index in [1.165, 1.54) is 6.07 Å². The first-order valence-corrected chi connectivity index (χ1v) is 7.29. The minimum atomic E-state index is -4.43. The fourth-order valence-electron chi connectivity index (χ4n) is 2.32. The second-order valence-corrected chi connectivity index (χ2v) is 5.76. The highest BCUT2D eigenvalue weighted by Crippen LogP contribution is 2.36. The first-order valence-electron chi connectivity index (χ1n) is 6.88. The number of thiocarbonyl (C=S) groups is 1. The van der Waals surface area contributed by atoms with E-state index >= 15 is 0 Å². The van der Waals surface area contributed by atoms with Crippen LogP contribution in [0.1, 0.15) is 18.4 Å². The van der Waals surface area contributed by atoms with Crippen molar-refractivity contribution in [1.29, 1.82) is 0 Å². The zero-order valence-corrected chi connectivity index (χ0v) is 12.9. The molecule has 22 heavy (non-hydrogen) atoms. The van der Waals surface area contributed by atoms with Crippen molar-refractivity contribution in [2.45, 2.75) is 25.1 Å². The Balaban J connectivity index is 2.20. The van der Waals surface area contributed by atoms with Crippen LogP contribution in [-0.4, -0.2) is 36.3 Å². The van der Waals surface area contributed by atoms with E-state index in [9.17, 15) is 13.2 Å². The van der Waals surface area contributed by atoms with Gasteiger partial charge in [0, 0.05) is 13.1 Å². The lowest BCUT2D eigenvalue weighted by atomic mass is 10.1. The third kappa shape index (κ3) is 4.48. The van der Waals surface area contributed by atoms with Gasteiger partial charge in [0.25, 0.3) is 0 Å². The highest BCUT2D eigenvalue weighted by Gasteiger charge is 2.31. The number of nitrogens with two attached hydrogens (primary N) is 1. The van der Waals surface area contributed by atoms with E-state index in [1.54, 1.807) is 0 Å². The maximum atomic E-state index is 12.8. The third-order valence-corrected chi connectivity index (χ3v) is 3.63. The van der Waals surface area contributed by atoms with Crippen LogP contribution in [0.25, 0.3) is 0 Å². The number of nitrogens with zero attached hydrogens (tertiary/aromatic N) is 1. The number of rotatable bonds is 3. The van der Waals surface area contributed by atoms with Crippen LogP contribution in [0, 0.1) is 0 Å². The summed E-state index contributed by atoms with van der Waals surface area (Å²) in [5.41, 5.74) is 4.74. The quantitative estimate of drug-likeness (QED) is 0.833. The van der Waals surface area contributed by atoms with Gasteiger partial charge in [0.2, 0.25) is 0 Å². The van der Waals surface area contributed by atoms with Crippen LogP contribution in [0.5, 0.6) is 5.75 Å². The fourth-order valence-corrected chi connectivity index (χ4v) is 2.43. The summed E-state index contributed by atoms with van der Waals surface area (Å²) in [5.74, 6) is 0.329. The molecule has 1 aromatic rings. The van der Waals surface area contributed by atoms with Crippen molar-refractivity contribution in [2.75, 3.05) is 25.5 Å². The van der Waals surface area contributed by atoms with Gasteiger partial charge >= 0.3 is 6.18 Å². The molecule has 122 valence electrons. The number of nitrogens with one attached hydrogen (secondary N) is 1. The Hall–Kier alpha value is -1.54. The first-order chi connectivity index (χ1) is 10.3. The van der Waals surface area contributed by atoms with Crippen molar-refractivity contribution in [3.63, 3.8) is 0 Å². The van der Waals surface area contributed by atoms with E-state index < -0.39 is 11.7 Å². The van der Waals surface area contributed by atoms with Gasteiger partial charge in [0.05, 0.1) is 11.3 Å². The van der Waals surface area contributed by atoms with Crippen LogP contribution in [0.15, 0.2) is 18.2 Å². The van der Waals surface area contributed by atoms with Gasteiger partial charge < -0.3 is 20.7 Å². The van der Waals surface area contributed by atoms with Gasteiger partial charge in [-0.25, -0.2) is 0 Å². The minimum Gasteiger partial charge on any atom is -0.488 e. The Kier molecular flexibility index (Phi) is 5.12. The summed E-state index contributed by atoms with van der Waals surface area (Å²) in [6, 6.07) is 3.26. The van der Waals surface area contributed by atoms with E-state index in [0.717, 1.165) is 38.1 Å². The van der Waals surface area contributed by atoms with Crippen LogP contribution in [0.4, 0.5) is 18.9 Å². The molecule has 0 spiro atoms. The van der Waals surface area contributed by atoms with Gasteiger partial charge in [-0.15, -0.1) is 0 Å². The van der Waals surface area contributed by atoms with Gasteiger partial charge in [-0.2, -0.15) is 13.2 Å². The Bertz CT molecular complexity index is 543. The number of benzene rings is 1. The molecule has 0 atom stereocenters. The summed E-state index contributed by atoms with van der Waals surface area (Å²) in [4.78, 5) is 2.18. The topological polar surface area (TPSA) is 50.5 Å². The van der Waals surface area contributed by atoms with Crippen molar-refractivity contribution in [2.24, 2.45) is 5.73 Å². The molecule has 0 unspecified atom stereocenters. The Morgan fingerprint density at radius 1 is 1.36 bits per heavy atom. The van der Waals surface area contributed by atoms with Gasteiger partial charge in [0.1, 0.15) is 11.9 Å². The smallest absolute Gasteiger partial charge is 0.416 e. The maximum Gasteiger partial charge on any atom is 0.416 e. The van der Waals surface area contributed by atoms with Crippen molar-refractivity contribution in [1.82, 2.24) is 4.90 Å². The van der Waals surface area contributed by atoms with Crippen molar-refractivity contribution >= 4 is 23.0 Å². The standard InChI is InChI=1S/C14H18F3N3OS/c1-20-6-4-10(5-7-20)21-12-3-2-9(14(15,16)17)8-11(12)19-13(18)22/h2-3,8,10H,4-7H2,1H3,(H3,18,19,22). The zero-order chi connectivity index (χ0) is 16.3. The van der Waals surface area contributed by atoms with Gasteiger partial charge in [-0.3, -0.25) is 0 Å². The summed E-state index contributed by atoms with van der Waals surface area (Å²) in [6.07, 6.45) is -2.81. The molecule has 0 saturated carbocycles. The number of hydrogen-bond donors (Lipinski definition) is 2. The Morgan fingerprint density at radius 2 is 2.00 bits per heavy atom. The monoisotopic (exact) mass is 333 g/mol. The molecule has 1 aromatic carbocycles. The molecule has 1 aliphatic rings. The van der Waals surface area contributed by atoms with Crippen LogP contribution in [-0.2, 0) is 6.18 Å². The molecular weight excluding hydrogens is 315 g/mol. The number of alkyl halides is 3. The minimum absolute atomic E-state index is 0.0279. The van der Waals surface area contributed by atoms with Gasteiger partial charge in [-0.05, 0) is 50.3 Å². The normalized spacial score (nSPS) is 17.3. The van der Waals surface area contributed by atoms with Crippen molar-refractivity contribution < 1.29 is 17.9 Å². The molecule has 0 amide bonds. The SMILES string of the molecule is CN1CCC(Oc2ccc(C(F)(F)F)cc2NC(N)=S)CC1. The molecule has 4 nitrogen and oxygen atoms in total. The number of piperidine rings is 1.